The van der Waals surface area contributed by atoms with Gasteiger partial charge in [-0.15, -0.1) is 0 Å². The molecule has 0 bridgehead atoms. The number of hydrogen-bond donors (Lipinski definition) is 0. The van der Waals surface area contributed by atoms with Crippen molar-refractivity contribution in [3.63, 3.8) is 0 Å². The molecule has 0 N–H and O–H groups in total. The summed E-state index contributed by atoms with van der Waals surface area (Å²) in [4.78, 5) is 0. The fraction of sp³-hybridized carbons (Fsp3) is 0.0833. The summed E-state index contributed by atoms with van der Waals surface area (Å²) in [5, 5.41) is 26.1. The summed E-state index contributed by atoms with van der Waals surface area (Å²) in [5.74, 6) is -0.896. The number of allylic oxidation sites excluding steroid dienone is 2. The van der Waals surface area contributed by atoms with Gasteiger partial charge in [-0.2, -0.15) is 15.8 Å². The van der Waals surface area contributed by atoms with E-state index >= 15 is 0 Å². The Labute approximate surface area is 88.1 Å². The van der Waals surface area contributed by atoms with E-state index in [9.17, 15) is 0 Å². The van der Waals surface area contributed by atoms with Crippen molar-refractivity contribution in [2.24, 2.45) is 5.92 Å². The first-order valence-corrected chi connectivity index (χ1v) is 4.27. The molecule has 70 valence electrons. The zero-order chi connectivity index (χ0) is 11.1. The highest BCUT2D eigenvalue weighted by molar-refractivity contribution is 5.73. The maximum absolute atomic E-state index is 8.76. The number of hydrogen-bond acceptors (Lipinski definition) is 3. The van der Waals surface area contributed by atoms with Gasteiger partial charge in [0.05, 0.1) is 18.2 Å². The van der Waals surface area contributed by atoms with Crippen molar-refractivity contribution in [3.05, 3.63) is 42.0 Å². The van der Waals surface area contributed by atoms with Gasteiger partial charge in [-0.1, -0.05) is 30.3 Å². The van der Waals surface area contributed by atoms with Gasteiger partial charge in [-0.05, 0) is 5.56 Å². The van der Waals surface area contributed by atoms with Gasteiger partial charge in [0.15, 0.2) is 5.92 Å². The molecule has 0 amide bonds. The van der Waals surface area contributed by atoms with E-state index in [-0.39, 0.29) is 0 Å². The monoisotopic (exact) mass is 193 g/mol. The lowest BCUT2D eigenvalue weighted by molar-refractivity contribution is 1.11. The normalized spacial score (nSPS) is 10.1. The SMILES string of the molecule is N#C/C=C(\c1ccccc1)C(C#N)C#N. The summed E-state index contributed by atoms with van der Waals surface area (Å²) in [6, 6.07) is 14.5. The molecule has 0 aliphatic rings. The van der Waals surface area contributed by atoms with Crippen LogP contribution in [0.3, 0.4) is 0 Å². The molecule has 0 saturated heterocycles. The van der Waals surface area contributed by atoms with Gasteiger partial charge >= 0.3 is 0 Å². The molecule has 0 fully saturated rings. The van der Waals surface area contributed by atoms with Gasteiger partial charge in [-0.3, -0.25) is 0 Å². The Morgan fingerprint density at radius 3 is 2.13 bits per heavy atom. The average Bonchev–Trinajstić information content (AvgIpc) is 2.30. The van der Waals surface area contributed by atoms with E-state index in [1.54, 1.807) is 24.3 Å². The van der Waals surface area contributed by atoms with Gasteiger partial charge < -0.3 is 0 Å². The molecule has 0 aromatic heterocycles. The van der Waals surface area contributed by atoms with Crippen molar-refractivity contribution in [2.75, 3.05) is 0 Å². The maximum Gasteiger partial charge on any atom is 0.159 e. The first-order valence-electron chi connectivity index (χ1n) is 4.27. The fourth-order valence-corrected chi connectivity index (χ4v) is 1.20. The minimum absolute atomic E-state index is 0.447. The third kappa shape index (κ3) is 2.44. The molecule has 1 aromatic carbocycles. The largest absolute Gasteiger partial charge is 0.196 e. The highest BCUT2D eigenvalue weighted by Crippen LogP contribution is 2.22. The molecule has 0 radical (unpaired) electrons. The summed E-state index contributed by atoms with van der Waals surface area (Å²) in [6.45, 7) is 0. The highest BCUT2D eigenvalue weighted by Gasteiger charge is 2.13. The van der Waals surface area contributed by atoms with Gasteiger partial charge in [-0.25, -0.2) is 0 Å². The second-order valence-corrected chi connectivity index (χ2v) is 2.79. The number of nitrogens with zero attached hydrogens (tertiary/aromatic N) is 3. The zero-order valence-electron chi connectivity index (χ0n) is 7.88. The first kappa shape index (κ1) is 10.5. The maximum atomic E-state index is 8.76. The average molecular weight is 193 g/mol. The van der Waals surface area contributed by atoms with Crippen LogP contribution in [0.2, 0.25) is 0 Å². The van der Waals surface area contributed by atoms with Gasteiger partial charge in [0.1, 0.15) is 0 Å². The fourth-order valence-electron chi connectivity index (χ4n) is 1.20. The van der Waals surface area contributed by atoms with E-state index in [1.807, 2.05) is 24.3 Å². The minimum atomic E-state index is -0.896. The van der Waals surface area contributed by atoms with E-state index in [1.165, 1.54) is 6.08 Å². The number of rotatable bonds is 2. The van der Waals surface area contributed by atoms with E-state index in [4.69, 9.17) is 15.8 Å². The highest BCUT2D eigenvalue weighted by atomic mass is 14.3. The third-order valence-electron chi connectivity index (χ3n) is 1.90. The molecule has 0 spiro atoms. The third-order valence-corrected chi connectivity index (χ3v) is 1.90. The molecule has 0 heterocycles. The minimum Gasteiger partial charge on any atom is -0.196 e. The molecule has 0 unspecified atom stereocenters. The Bertz CT molecular complexity index is 466. The van der Waals surface area contributed by atoms with Gasteiger partial charge in [0.2, 0.25) is 0 Å². The Morgan fingerprint density at radius 1 is 1.07 bits per heavy atom. The number of nitriles is 3. The first-order chi connectivity index (χ1) is 7.33. The van der Waals surface area contributed by atoms with Gasteiger partial charge in [0, 0.05) is 11.6 Å². The molecular formula is C12H7N3. The lowest BCUT2D eigenvalue weighted by Crippen LogP contribution is -1.97. The molecule has 15 heavy (non-hydrogen) atoms. The van der Waals surface area contributed by atoms with E-state index in [0.717, 1.165) is 5.56 Å². The molecule has 1 aromatic rings. The van der Waals surface area contributed by atoms with Crippen LogP contribution in [0.5, 0.6) is 0 Å². The molecule has 0 saturated carbocycles. The second-order valence-electron chi connectivity index (χ2n) is 2.79. The predicted molar refractivity (Wildman–Crippen MR) is 54.7 cm³/mol. The second kappa shape index (κ2) is 5.22. The van der Waals surface area contributed by atoms with E-state index < -0.39 is 5.92 Å². The summed E-state index contributed by atoms with van der Waals surface area (Å²) in [5.41, 5.74) is 1.18. The van der Waals surface area contributed by atoms with Crippen molar-refractivity contribution in [2.45, 2.75) is 0 Å². The predicted octanol–water partition coefficient (Wildman–Crippen LogP) is 2.26. The van der Waals surface area contributed by atoms with Crippen LogP contribution in [-0.2, 0) is 0 Å². The van der Waals surface area contributed by atoms with Crippen LogP contribution in [0.4, 0.5) is 0 Å². The molecular weight excluding hydrogens is 186 g/mol. The standard InChI is InChI=1S/C12H7N3/c13-7-6-12(11(8-14)9-15)10-4-2-1-3-5-10/h1-6,11H/b12-6+. The van der Waals surface area contributed by atoms with Crippen molar-refractivity contribution < 1.29 is 0 Å². The molecule has 3 nitrogen and oxygen atoms in total. The summed E-state index contributed by atoms with van der Waals surface area (Å²) in [7, 11) is 0. The van der Waals surface area contributed by atoms with Crippen LogP contribution in [0.25, 0.3) is 5.57 Å². The van der Waals surface area contributed by atoms with Crippen molar-refractivity contribution in [3.8, 4) is 18.2 Å². The van der Waals surface area contributed by atoms with E-state index in [0.29, 0.717) is 5.57 Å². The zero-order valence-corrected chi connectivity index (χ0v) is 7.88. The molecule has 0 aliphatic carbocycles. The van der Waals surface area contributed by atoms with Gasteiger partial charge in [0.25, 0.3) is 0 Å². The smallest absolute Gasteiger partial charge is 0.159 e. The Kier molecular flexibility index (Phi) is 3.66. The quantitative estimate of drug-likeness (QED) is 0.676. The summed E-state index contributed by atoms with van der Waals surface area (Å²) in [6.07, 6.45) is 1.24. The van der Waals surface area contributed by atoms with Crippen LogP contribution in [-0.4, -0.2) is 0 Å². The van der Waals surface area contributed by atoms with Crippen molar-refractivity contribution in [1.82, 2.24) is 0 Å². The van der Waals surface area contributed by atoms with Crippen LogP contribution >= 0.6 is 0 Å². The molecule has 0 atom stereocenters. The summed E-state index contributed by atoms with van der Waals surface area (Å²) >= 11 is 0. The van der Waals surface area contributed by atoms with Crippen LogP contribution in [0, 0.1) is 39.9 Å². The topological polar surface area (TPSA) is 71.4 Å². The molecule has 3 heteroatoms. The number of benzene rings is 1. The van der Waals surface area contributed by atoms with Crippen molar-refractivity contribution in [1.29, 1.82) is 15.8 Å². The Morgan fingerprint density at radius 2 is 1.67 bits per heavy atom. The van der Waals surface area contributed by atoms with Crippen molar-refractivity contribution >= 4 is 5.57 Å². The Balaban J connectivity index is 3.20. The Hall–Kier alpha value is -2.57. The van der Waals surface area contributed by atoms with Crippen LogP contribution in [0.15, 0.2) is 36.4 Å². The van der Waals surface area contributed by atoms with Crippen LogP contribution in [0.1, 0.15) is 5.56 Å². The van der Waals surface area contributed by atoms with E-state index in [2.05, 4.69) is 0 Å². The van der Waals surface area contributed by atoms with Crippen LogP contribution < -0.4 is 0 Å². The lowest BCUT2D eigenvalue weighted by atomic mass is 9.94. The lowest BCUT2D eigenvalue weighted by Gasteiger charge is -2.05. The molecule has 0 aliphatic heterocycles. The molecule has 1 rings (SSSR count). The summed E-state index contributed by atoms with van der Waals surface area (Å²) < 4.78 is 0.